The first-order valence-electron chi connectivity index (χ1n) is 11.9. The Hall–Kier alpha value is 0.236. The van der Waals surface area contributed by atoms with E-state index in [-0.39, 0.29) is 0 Å². The summed E-state index contributed by atoms with van der Waals surface area (Å²) in [6, 6.07) is 0. The summed E-state index contributed by atoms with van der Waals surface area (Å²) >= 11 is 0. The van der Waals surface area contributed by atoms with Crippen LogP contribution in [0.5, 0.6) is 0 Å². The second kappa shape index (κ2) is 37.8. The van der Waals surface area contributed by atoms with Crippen LogP contribution in [-0.4, -0.2) is 110 Å². The van der Waals surface area contributed by atoms with Gasteiger partial charge in [-0.2, -0.15) is 0 Å². The van der Waals surface area contributed by atoms with Gasteiger partial charge in [0.25, 0.3) is 0 Å². The van der Waals surface area contributed by atoms with Crippen molar-refractivity contribution in [3.8, 4) is 0 Å². The SMILES string of the molecule is CCO[SiH](OCC)OCC.CCO[SiH](OCC)OCC.CCO[SiH](OCC)OCC.OB(O)O. The van der Waals surface area contributed by atoms with Crippen LogP contribution in [0.25, 0.3) is 0 Å². The van der Waals surface area contributed by atoms with E-state index in [2.05, 4.69) is 0 Å². The predicted octanol–water partition coefficient (Wildman–Crippen LogP) is 0.388. The van der Waals surface area contributed by atoms with Crippen LogP contribution >= 0.6 is 0 Å². The number of hydrogen-bond donors (Lipinski definition) is 3. The molecule has 0 unspecified atom stereocenters. The van der Waals surface area contributed by atoms with Crippen molar-refractivity contribution in [2.24, 2.45) is 0 Å². The quantitative estimate of drug-likeness (QED) is 0.202. The van der Waals surface area contributed by atoms with Crippen molar-refractivity contribution in [2.75, 3.05) is 59.5 Å². The molecule has 0 atom stereocenters. The lowest BCUT2D eigenvalue weighted by Gasteiger charge is -2.12. The minimum Gasteiger partial charge on any atom is -0.402 e. The molecule has 0 rings (SSSR count). The molecular formula is C18H51BO12Si3. The standard InChI is InChI=1S/3C6H16O3Si.BH3O3/c3*1-4-7-10(8-5-2)9-6-3;2-1(3)4/h3*10H,4-6H2,1-3H3;2-4H. The van der Waals surface area contributed by atoms with Crippen LogP contribution in [0.2, 0.25) is 0 Å². The van der Waals surface area contributed by atoms with Crippen molar-refractivity contribution >= 4 is 35.9 Å². The van der Waals surface area contributed by atoms with Crippen molar-refractivity contribution in [1.82, 2.24) is 0 Å². The van der Waals surface area contributed by atoms with E-state index in [4.69, 9.17) is 54.9 Å². The maximum Gasteiger partial charge on any atom is 0.631 e. The largest absolute Gasteiger partial charge is 0.631 e. The Labute approximate surface area is 212 Å². The molecule has 0 aliphatic rings. The van der Waals surface area contributed by atoms with Crippen LogP contribution in [0, 0.1) is 0 Å². The lowest BCUT2D eigenvalue weighted by Crippen LogP contribution is -2.27. The van der Waals surface area contributed by atoms with Crippen LogP contribution < -0.4 is 0 Å². The van der Waals surface area contributed by atoms with Gasteiger partial charge in [-0.1, -0.05) is 0 Å². The summed E-state index contributed by atoms with van der Waals surface area (Å²) < 4.78 is 47.0. The molecule has 0 saturated carbocycles. The summed E-state index contributed by atoms with van der Waals surface area (Å²) in [5.74, 6) is 0. The van der Waals surface area contributed by atoms with Gasteiger partial charge >= 0.3 is 35.9 Å². The van der Waals surface area contributed by atoms with Gasteiger partial charge < -0.3 is 54.9 Å². The van der Waals surface area contributed by atoms with Crippen LogP contribution in [0.15, 0.2) is 0 Å². The monoisotopic (exact) mass is 554 g/mol. The van der Waals surface area contributed by atoms with Gasteiger partial charge in [-0.3, -0.25) is 0 Å². The fourth-order valence-electron chi connectivity index (χ4n) is 1.66. The first kappa shape index (κ1) is 41.4. The molecule has 0 aromatic heterocycles. The molecule has 0 aromatic carbocycles. The Balaban J connectivity index is -0.000000184. The summed E-state index contributed by atoms with van der Waals surface area (Å²) in [4.78, 5) is 0. The molecule has 0 amide bonds. The summed E-state index contributed by atoms with van der Waals surface area (Å²) in [5.41, 5.74) is 0. The molecule has 16 heteroatoms. The minimum absolute atomic E-state index is 0.677. The van der Waals surface area contributed by atoms with Gasteiger partial charge in [0.2, 0.25) is 0 Å². The highest BCUT2D eigenvalue weighted by Crippen LogP contribution is 1.92. The molecule has 12 nitrogen and oxygen atoms in total. The molecule has 0 heterocycles. The summed E-state index contributed by atoms with van der Waals surface area (Å²) in [5, 5.41) is 21.5. The molecule has 0 aromatic rings. The van der Waals surface area contributed by atoms with Crippen molar-refractivity contribution in [2.45, 2.75) is 62.3 Å². The zero-order valence-electron chi connectivity index (χ0n) is 22.7. The molecule has 0 aliphatic heterocycles. The fourth-order valence-corrected chi connectivity index (χ4v) is 4.97. The average molecular weight is 555 g/mol. The third-order valence-electron chi connectivity index (χ3n) is 2.72. The number of rotatable bonds is 18. The van der Waals surface area contributed by atoms with Crippen molar-refractivity contribution < 1.29 is 54.9 Å². The lowest BCUT2D eigenvalue weighted by atomic mass is 10.3. The van der Waals surface area contributed by atoms with Crippen molar-refractivity contribution in [3.63, 3.8) is 0 Å². The van der Waals surface area contributed by atoms with E-state index in [1.807, 2.05) is 62.3 Å². The molecule has 0 spiro atoms. The van der Waals surface area contributed by atoms with Crippen molar-refractivity contribution in [3.05, 3.63) is 0 Å². The maximum atomic E-state index is 7.17. The van der Waals surface area contributed by atoms with Gasteiger partial charge in [-0.05, 0) is 62.3 Å². The second-order valence-corrected chi connectivity index (χ2v) is 10.0. The second-order valence-electron chi connectivity index (χ2n) is 5.31. The fraction of sp³-hybridized carbons (Fsp3) is 1.00. The molecule has 0 radical (unpaired) electrons. The highest BCUT2D eigenvalue weighted by atomic mass is 28.3. The molecule has 34 heavy (non-hydrogen) atoms. The Morgan fingerprint density at radius 1 is 0.353 bits per heavy atom. The van der Waals surface area contributed by atoms with E-state index in [1.54, 1.807) is 0 Å². The van der Waals surface area contributed by atoms with E-state index < -0.39 is 35.9 Å². The summed E-state index contributed by atoms with van der Waals surface area (Å²) in [7, 11) is -7.37. The van der Waals surface area contributed by atoms with Gasteiger partial charge in [0, 0.05) is 59.5 Å². The highest BCUT2D eigenvalue weighted by Gasteiger charge is 2.12. The topological polar surface area (TPSA) is 144 Å². The third-order valence-corrected chi connectivity index (χ3v) is 8.17. The minimum atomic E-state index is -2.17. The molecule has 210 valence electrons. The Morgan fingerprint density at radius 2 is 0.441 bits per heavy atom. The molecule has 0 aliphatic carbocycles. The average Bonchev–Trinajstić information content (AvgIpc) is 2.76. The number of hydrogen-bond acceptors (Lipinski definition) is 12. The van der Waals surface area contributed by atoms with E-state index in [0.717, 1.165) is 0 Å². The Bertz CT molecular complexity index is 254. The predicted molar refractivity (Wildman–Crippen MR) is 138 cm³/mol. The zero-order valence-corrected chi connectivity index (χ0v) is 26.2. The van der Waals surface area contributed by atoms with Gasteiger partial charge in [-0.25, -0.2) is 0 Å². The van der Waals surface area contributed by atoms with Crippen molar-refractivity contribution in [1.29, 1.82) is 0 Å². The molecule has 0 saturated heterocycles. The molecule has 0 fully saturated rings. The molecular weight excluding hydrogens is 503 g/mol. The molecule has 0 bridgehead atoms. The first-order chi connectivity index (χ1) is 16.3. The zero-order chi connectivity index (χ0) is 27.0. The highest BCUT2D eigenvalue weighted by molar-refractivity contribution is 6.36. The smallest absolute Gasteiger partial charge is 0.402 e. The van der Waals surface area contributed by atoms with Crippen LogP contribution in [0.1, 0.15) is 62.3 Å². The summed E-state index contributed by atoms with van der Waals surface area (Å²) in [6.07, 6.45) is 0. The summed E-state index contributed by atoms with van der Waals surface area (Å²) in [6.45, 7) is 23.6. The lowest BCUT2D eigenvalue weighted by molar-refractivity contribution is 0.106. The van der Waals surface area contributed by atoms with E-state index in [0.29, 0.717) is 59.5 Å². The van der Waals surface area contributed by atoms with E-state index in [1.165, 1.54) is 0 Å². The van der Waals surface area contributed by atoms with E-state index >= 15 is 0 Å². The van der Waals surface area contributed by atoms with Crippen LogP contribution in [-0.2, 0) is 39.8 Å². The van der Waals surface area contributed by atoms with Gasteiger partial charge in [0.15, 0.2) is 0 Å². The Kier molecular flexibility index (Phi) is 46.0. The van der Waals surface area contributed by atoms with Crippen LogP contribution in [0.3, 0.4) is 0 Å². The van der Waals surface area contributed by atoms with Gasteiger partial charge in [-0.15, -0.1) is 0 Å². The third kappa shape index (κ3) is 42.4. The maximum absolute atomic E-state index is 7.17. The normalized spacial score (nSPS) is 10.3. The van der Waals surface area contributed by atoms with Gasteiger partial charge in [0.05, 0.1) is 0 Å². The Morgan fingerprint density at radius 3 is 0.500 bits per heavy atom. The van der Waals surface area contributed by atoms with E-state index in [9.17, 15) is 0 Å². The first-order valence-corrected chi connectivity index (χ1v) is 16.1. The van der Waals surface area contributed by atoms with Crippen LogP contribution in [0.4, 0.5) is 0 Å². The van der Waals surface area contributed by atoms with Gasteiger partial charge in [0.1, 0.15) is 0 Å². The molecule has 3 N–H and O–H groups in total.